The lowest BCUT2D eigenvalue weighted by molar-refractivity contribution is -0.122. The lowest BCUT2D eigenvalue weighted by Crippen LogP contribution is -2.30. The third-order valence-electron chi connectivity index (χ3n) is 4.56. The second-order valence-corrected chi connectivity index (χ2v) is 7.16. The molecular weight excluding hydrogens is 338 g/mol. The summed E-state index contributed by atoms with van der Waals surface area (Å²) in [6.45, 7) is 4.73. The van der Waals surface area contributed by atoms with E-state index in [0.29, 0.717) is 24.3 Å². The van der Waals surface area contributed by atoms with Gasteiger partial charge < -0.3 is 5.32 Å². The maximum atomic E-state index is 12.6. The summed E-state index contributed by atoms with van der Waals surface area (Å²) in [5.41, 5.74) is 1.76. The van der Waals surface area contributed by atoms with Crippen molar-refractivity contribution in [1.29, 1.82) is 0 Å². The van der Waals surface area contributed by atoms with Crippen molar-refractivity contribution in [2.75, 3.05) is 0 Å². The molecule has 140 valence electrons. The summed E-state index contributed by atoms with van der Waals surface area (Å²) in [5, 5.41) is 7.96. The molecule has 0 saturated carbocycles. The molecule has 0 aliphatic carbocycles. The number of carbonyl (C=O) groups excluding carboxylic acids is 1. The summed E-state index contributed by atoms with van der Waals surface area (Å²) in [5.74, 6) is 0.453. The Morgan fingerprint density at radius 1 is 1.07 bits per heavy atom. The number of rotatable bonds is 7. The summed E-state index contributed by atoms with van der Waals surface area (Å²) in [6, 6.07) is 17.4. The van der Waals surface area contributed by atoms with Crippen LogP contribution in [0.2, 0.25) is 0 Å². The van der Waals surface area contributed by atoms with Crippen LogP contribution in [0, 0.1) is 5.92 Å². The Labute approximate surface area is 159 Å². The zero-order valence-electron chi connectivity index (χ0n) is 15.8. The van der Waals surface area contributed by atoms with Crippen molar-refractivity contribution in [3.63, 3.8) is 0 Å². The number of aryl methyl sites for hydroxylation is 1. The number of amides is 1. The first-order chi connectivity index (χ1) is 13.0. The van der Waals surface area contributed by atoms with Gasteiger partial charge in [-0.15, -0.1) is 0 Å². The van der Waals surface area contributed by atoms with Gasteiger partial charge in [0.05, 0.1) is 24.3 Å². The van der Waals surface area contributed by atoms with E-state index in [-0.39, 0.29) is 17.4 Å². The lowest BCUT2D eigenvalue weighted by atomic mass is 9.97. The fraction of sp³-hybridized carbons (Fsp3) is 0.318. The SMILES string of the molecule is CC(C)C[C@@H](NC(=O)CCn1ncc(=O)c2ccccc21)c1ccccc1. The molecule has 3 rings (SSSR count). The van der Waals surface area contributed by atoms with Gasteiger partial charge in [-0.2, -0.15) is 5.10 Å². The van der Waals surface area contributed by atoms with Crippen molar-refractivity contribution in [3.05, 3.63) is 76.6 Å². The number of hydrogen-bond donors (Lipinski definition) is 1. The summed E-state index contributed by atoms with van der Waals surface area (Å²) in [7, 11) is 0. The number of fused-ring (bicyclic) bond motifs is 1. The fourth-order valence-electron chi connectivity index (χ4n) is 3.25. The van der Waals surface area contributed by atoms with Crippen molar-refractivity contribution in [1.82, 2.24) is 15.1 Å². The highest BCUT2D eigenvalue weighted by Gasteiger charge is 2.16. The summed E-state index contributed by atoms with van der Waals surface area (Å²) in [4.78, 5) is 24.5. The summed E-state index contributed by atoms with van der Waals surface area (Å²) >= 11 is 0. The topological polar surface area (TPSA) is 64.0 Å². The molecule has 27 heavy (non-hydrogen) atoms. The van der Waals surface area contributed by atoms with E-state index >= 15 is 0 Å². The minimum atomic E-state index is -0.104. The molecule has 0 fully saturated rings. The quantitative estimate of drug-likeness (QED) is 0.696. The molecule has 2 aromatic carbocycles. The van der Waals surface area contributed by atoms with Gasteiger partial charge >= 0.3 is 0 Å². The van der Waals surface area contributed by atoms with Crippen LogP contribution in [-0.2, 0) is 11.3 Å². The second kappa shape index (κ2) is 8.62. The molecule has 1 heterocycles. The first-order valence-electron chi connectivity index (χ1n) is 9.34. The monoisotopic (exact) mass is 363 g/mol. The molecule has 1 aromatic heterocycles. The Bertz CT molecular complexity index is 964. The molecular formula is C22H25N3O2. The number of benzene rings is 2. The van der Waals surface area contributed by atoms with Gasteiger partial charge in [-0.05, 0) is 30.0 Å². The van der Waals surface area contributed by atoms with Gasteiger partial charge in [0.2, 0.25) is 11.3 Å². The van der Waals surface area contributed by atoms with Crippen LogP contribution in [-0.4, -0.2) is 15.7 Å². The van der Waals surface area contributed by atoms with Crippen molar-refractivity contribution in [2.45, 2.75) is 39.3 Å². The van der Waals surface area contributed by atoms with Gasteiger partial charge in [-0.1, -0.05) is 56.3 Å². The van der Waals surface area contributed by atoms with E-state index < -0.39 is 0 Å². The first kappa shape index (κ1) is 18.8. The van der Waals surface area contributed by atoms with Crippen molar-refractivity contribution in [3.8, 4) is 0 Å². The zero-order valence-corrected chi connectivity index (χ0v) is 15.8. The minimum Gasteiger partial charge on any atom is -0.349 e. The van der Waals surface area contributed by atoms with Crippen LogP contribution in [0.3, 0.4) is 0 Å². The second-order valence-electron chi connectivity index (χ2n) is 7.16. The van der Waals surface area contributed by atoms with E-state index in [1.54, 1.807) is 10.7 Å². The molecule has 0 unspecified atom stereocenters. The Morgan fingerprint density at radius 3 is 2.52 bits per heavy atom. The van der Waals surface area contributed by atoms with Gasteiger partial charge in [0.25, 0.3) is 0 Å². The smallest absolute Gasteiger partial charge is 0.222 e. The molecule has 0 aliphatic heterocycles. The molecule has 1 amide bonds. The molecule has 0 saturated heterocycles. The van der Waals surface area contributed by atoms with Crippen molar-refractivity contribution in [2.24, 2.45) is 5.92 Å². The average Bonchev–Trinajstić information content (AvgIpc) is 2.67. The van der Waals surface area contributed by atoms with E-state index in [1.807, 2.05) is 48.5 Å². The Kier molecular flexibility index (Phi) is 6.01. The van der Waals surface area contributed by atoms with E-state index in [0.717, 1.165) is 17.5 Å². The number of nitrogens with one attached hydrogen (secondary N) is 1. The zero-order chi connectivity index (χ0) is 19.2. The summed E-state index contributed by atoms with van der Waals surface area (Å²) in [6.07, 6.45) is 2.50. The fourth-order valence-corrected chi connectivity index (χ4v) is 3.25. The van der Waals surface area contributed by atoms with Gasteiger partial charge in [-0.3, -0.25) is 14.3 Å². The van der Waals surface area contributed by atoms with Crippen LogP contribution >= 0.6 is 0 Å². The van der Waals surface area contributed by atoms with Crippen molar-refractivity contribution < 1.29 is 4.79 Å². The molecule has 0 spiro atoms. The number of hydrogen-bond acceptors (Lipinski definition) is 3. The van der Waals surface area contributed by atoms with Crippen LogP contribution in [0.15, 0.2) is 65.6 Å². The number of nitrogens with zero attached hydrogens (tertiary/aromatic N) is 2. The number of carbonyl (C=O) groups is 1. The highest BCUT2D eigenvalue weighted by molar-refractivity contribution is 5.79. The largest absolute Gasteiger partial charge is 0.349 e. The molecule has 5 nitrogen and oxygen atoms in total. The third-order valence-corrected chi connectivity index (χ3v) is 4.56. The van der Waals surface area contributed by atoms with Gasteiger partial charge in [-0.25, -0.2) is 0 Å². The standard InChI is InChI=1S/C22H25N3O2/c1-16(2)14-19(17-8-4-3-5-9-17)24-22(27)12-13-25-20-11-7-6-10-18(20)21(26)15-23-25/h3-11,15-16,19H,12-14H2,1-2H3,(H,24,27)/t19-/m1/s1. The van der Waals surface area contributed by atoms with Crippen LogP contribution in [0.4, 0.5) is 0 Å². The molecule has 1 N–H and O–H groups in total. The molecule has 0 radical (unpaired) electrons. The normalized spacial score (nSPS) is 12.3. The number of para-hydroxylation sites is 1. The van der Waals surface area contributed by atoms with Crippen molar-refractivity contribution >= 4 is 16.8 Å². The van der Waals surface area contributed by atoms with E-state index in [9.17, 15) is 9.59 Å². The maximum absolute atomic E-state index is 12.6. The van der Waals surface area contributed by atoms with Crippen LogP contribution in [0.25, 0.3) is 10.9 Å². The maximum Gasteiger partial charge on any atom is 0.222 e. The van der Waals surface area contributed by atoms with Gasteiger partial charge in [0.1, 0.15) is 0 Å². The van der Waals surface area contributed by atoms with Gasteiger partial charge in [0.15, 0.2) is 0 Å². The summed E-state index contributed by atoms with van der Waals surface area (Å²) < 4.78 is 1.72. The highest BCUT2D eigenvalue weighted by Crippen LogP contribution is 2.21. The van der Waals surface area contributed by atoms with E-state index in [2.05, 4.69) is 24.3 Å². The predicted molar refractivity (Wildman–Crippen MR) is 107 cm³/mol. The number of aromatic nitrogens is 2. The lowest BCUT2D eigenvalue weighted by Gasteiger charge is -2.21. The Hall–Kier alpha value is -2.95. The Balaban J connectivity index is 1.70. The predicted octanol–water partition coefficient (Wildman–Crippen LogP) is 3.69. The first-order valence-corrected chi connectivity index (χ1v) is 9.34. The van der Waals surface area contributed by atoms with E-state index in [1.165, 1.54) is 6.20 Å². The molecule has 0 bridgehead atoms. The molecule has 5 heteroatoms. The van der Waals surface area contributed by atoms with Gasteiger partial charge in [0, 0.05) is 11.8 Å². The molecule has 1 atom stereocenters. The average molecular weight is 363 g/mol. The van der Waals surface area contributed by atoms with E-state index in [4.69, 9.17) is 0 Å². The van der Waals surface area contributed by atoms with Crippen LogP contribution in [0.1, 0.15) is 38.3 Å². The third kappa shape index (κ3) is 4.82. The molecule has 3 aromatic rings. The van der Waals surface area contributed by atoms with Crippen LogP contribution < -0.4 is 10.7 Å². The molecule has 0 aliphatic rings. The van der Waals surface area contributed by atoms with Crippen LogP contribution in [0.5, 0.6) is 0 Å². The Morgan fingerprint density at radius 2 is 1.78 bits per heavy atom. The highest BCUT2D eigenvalue weighted by atomic mass is 16.1. The minimum absolute atomic E-state index is 0.00239.